The van der Waals surface area contributed by atoms with E-state index >= 15 is 0 Å². The molecule has 0 aliphatic carbocycles. The second-order valence-corrected chi connectivity index (χ2v) is 5.59. The van der Waals surface area contributed by atoms with E-state index < -0.39 is 5.82 Å². The molecular weight excluding hydrogens is 318 g/mol. The molecule has 2 rings (SSSR count). The summed E-state index contributed by atoms with van der Waals surface area (Å²) in [4.78, 5) is 13.3. The minimum Gasteiger partial charge on any atom is -0.374 e. The molecule has 1 saturated heterocycles. The number of nitrogens with one attached hydrogen (secondary N) is 1. The fourth-order valence-corrected chi connectivity index (χ4v) is 2.52. The summed E-state index contributed by atoms with van der Waals surface area (Å²) in [6.45, 7) is 3.18. The van der Waals surface area contributed by atoms with E-state index in [4.69, 9.17) is 27.9 Å². The van der Waals surface area contributed by atoms with Gasteiger partial charge in [0.2, 0.25) is 5.91 Å². The number of morpholine rings is 1. The van der Waals surface area contributed by atoms with Gasteiger partial charge in [0, 0.05) is 26.2 Å². The molecule has 116 valence electrons. The molecule has 1 aromatic rings. The number of nitrogens with zero attached hydrogens (tertiary/aromatic N) is 1. The zero-order valence-corrected chi connectivity index (χ0v) is 13.0. The Hall–Kier alpha value is -0.880. The smallest absolute Gasteiger partial charge is 0.235 e. The first kappa shape index (κ1) is 16.5. The molecule has 0 unspecified atom stereocenters. The number of benzene rings is 1. The summed E-state index contributed by atoms with van der Waals surface area (Å²) >= 11 is 11.2. The van der Waals surface area contributed by atoms with E-state index in [0.29, 0.717) is 26.2 Å². The van der Waals surface area contributed by atoms with Crippen LogP contribution in [-0.4, -0.2) is 49.0 Å². The summed E-state index contributed by atoms with van der Waals surface area (Å²) < 4.78 is 18.7. The minimum atomic E-state index is -0.413. The summed E-state index contributed by atoms with van der Waals surface area (Å²) in [6, 6.07) is 4.73. The number of hydrogen-bond acceptors (Lipinski definition) is 3. The number of amides is 1. The highest BCUT2D eigenvalue weighted by molar-refractivity contribution is 6.30. The van der Waals surface area contributed by atoms with Gasteiger partial charge in [0.25, 0.3) is 0 Å². The molecule has 1 aromatic carbocycles. The van der Waals surface area contributed by atoms with Gasteiger partial charge in [-0.15, -0.1) is 11.6 Å². The molecular formula is C14H17Cl2FN2O2. The predicted octanol–water partition coefficient (Wildman–Crippen LogP) is 2.03. The number of halogens is 3. The maximum atomic E-state index is 13.1. The molecule has 1 aliphatic rings. The van der Waals surface area contributed by atoms with Gasteiger partial charge >= 0.3 is 0 Å². The predicted molar refractivity (Wildman–Crippen MR) is 80.2 cm³/mol. The van der Waals surface area contributed by atoms with Crippen molar-refractivity contribution in [3.05, 3.63) is 34.6 Å². The fourth-order valence-electron chi connectivity index (χ4n) is 2.22. The van der Waals surface area contributed by atoms with Crippen LogP contribution in [0.4, 0.5) is 4.39 Å². The normalized spacial score (nSPS) is 19.5. The van der Waals surface area contributed by atoms with E-state index in [0.717, 1.165) is 12.1 Å². The van der Waals surface area contributed by atoms with E-state index in [9.17, 15) is 9.18 Å². The average Bonchev–Trinajstić information content (AvgIpc) is 2.49. The van der Waals surface area contributed by atoms with Crippen LogP contribution in [0.2, 0.25) is 5.02 Å². The monoisotopic (exact) mass is 334 g/mol. The van der Waals surface area contributed by atoms with Gasteiger partial charge in [0.05, 0.1) is 17.7 Å². The van der Waals surface area contributed by atoms with Gasteiger partial charge in [-0.2, -0.15) is 0 Å². The van der Waals surface area contributed by atoms with Crippen molar-refractivity contribution in [1.82, 2.24) is 10.2 Å². The van der Waals surface area contributed by atoms with Crippen molar-refractivity contribution in [2.24, 2.45) is 0 Å². The molecule has 4 nitrogen and oxygen atoms in total. The van der Waals surface area contributed by atoms with Gasteiger partial charge < -0.3 is 10.1 Å². The second kappa shape index (κ2) is 7.94. The number of hydrogen-bond donors (Lipinski definition) is 1. The highest BCUT2D eigenvalue weighted by Crippen LogP contribution is 2.18. The Morgan fingerprint density at radius 1 is 1.52 bits per heavy atom. The van der Waals surface area contributed by atoms with E-state index in [-0.39, 0.29) is 22.9 Å². The van der Waals surface area contributed by atoms with Crippen molar-refractivity contribution in [3.63, 3.8) is 0 Å². The Bertz CT molecular complexity index is 502. The first-order valence-electron chi connectivity index (χ1n) is 6.69. The summed E-state index contributed by atoms with van der Waals surface area (Å²) in [5.74, 6) is -0.670. The Kier molecular flexibility index (Phi) is 6.23. The number of carbonyl (C=O) groups is 1. The lowest BCUT2D eigenvalue weighted by molar-refractivity contribution is -0.119. The summed E-state index contributed by atoms with van der Waals surface area (Å²) in [7, 11) is 0. The molecule has 7 heteroatoms. The standard InChI is InChI=1S/C14H17Cl2FN2O2/c15-6-14(20)18-7-11-9-19(3-4-21-11)8-10-1-2-13(17)12(16)5-10/h1-2,5,11H,3-4,6-9H2,(H,18,20)/t11-/m0/s1. The van der Waals surface area contributed by atoms with Gasteiger partial charge in [0.1, 0.15) is 11.7 Å². The molecule has 21 heavy (non-hydrogen) atoms. The Balaban J connectivity index is 1.85. The lowest BCUT2D eigenvalue weighted by Gasteiger charge is -2.33. The second-order valence-electron chi connectivity index (χ2n) is 4.91. The largest absolute Gasteiger partial charge is 0.374 e. The van der Waals surface area contributed by atoms with Crippen molar-refractivity contribution in [2.75, 3.05) is 32.1 Å². The molecule has 1 fully saturated rings. The van der Waals surface area contributed by atoms with Crippen LogP contribution in [0.3, 0.4) is 0 Å². The third-order valence-electron chi connectivity index (χ3n) is 3.26. The molecule has 1 atom stereocenters. The lowest BCUT2D eigenvalue weighted by atomic mass is 10.2. The highest BCUT2D eigenvalue weighted by Gasteiger charge is 2.21. The van der Waals surface area contributed by atoms with Gasteiger partial charge in [-0.25, -0.2) is 4.39 Å². The van der Waals surface area contributed by atoms with Gasteiger partial charge in [-0.05, 0) is 17.7 Å². The van der Waals surface area contributed by atoms with Crippen LogP contribution in [-0.2, 0) is 16.1 Å². The van der Waals surface area contributed by atoms with Crippen LogP contribution in [0.15, 0.2) is 18.2 Å². The van der Waals surface area contributed by atoms with Crippen molar-refractivity contribution in [2.45, 2.75) is 12.6 Å². The van der Waals surface area contributed by atoms with E-state index in [1.54, 1.807) is 12.1 Å². The maximum Gasteiger partial charge on any atom is 0.235 e. The molecule has 1 amide bonds. The number of carbonyl (C=O) groups excluding carboxylic acids is 1. The Labute approximate surface area is 133 Å². The lowest BCUT2D eigenvalue weighted by Crippen LogP contribution is -2.47. The van der Waals surface area contributed by atoms with Crippen molar-refractivity contribution in [3.8, 4) is 0 Å². The SMILES string of the molecule is O=C(CCl)NC[C@H]1CN(Cc2ccc(F)c(Cl)c2)CCO1. The summed E-state index contributed by atoms with van der Waals surface area (Å²) in [5.41, 5.74) is 0.951. The third kappa shape index (κ3) is 5.11. The van der Waals surface area contributed by atoms with Crippen molar-refractivity contribution >= 4 is 29.1 Å². The van der Waals surface area contributed by atoms with Crippen LogP contribution in [0.1, 0.15) is 5.56 Å². The molecule has 1 N–H and O–H groups in total. The van der Waals surface area contributed by atoms with Crippen molar-refractivity contribution < 1.29 is 13.9 Å². The first-order valence-corrected chi connectivity index (χ1v) is 7.60. The van der Waals surface area contributed by atoms with Gasteiger partial charge in [0.15, 0.2) is 0 Å². The summed E-state index contributed by atoms with van der Waals surface area (Å²) in [5, 5.41) is 2.84. The van der Waals surface area contributed by atoms with Gasteiger partial charge in [-0.3, -0.25) is 9.69 Å². The average molecular weight is 335 g/mol. The molecule has 1 aliphatic heterocycles. The van der Waals surface area contributed by atoms with Gasteiger partial charge in [-0.1, -0.05) is 17.7 Å². The molecule has 0 radical (unpaired) electrons. The first-order chi connectivity index (χ1) is 10.1. The fraction of sp³-hybridized carbons (Fsp3) is 0.500. The zero-order valence-electron chi connectivity index (χ0n) is 11.4. The zero-order chi connectivity index (χ0) is 15.2. The number of ether oxygens (including phenoxy) is 1. The molecule has 1 heterocycles. The van der Waals surface area contributed by atoms with Crippen LogP contribution in [0, 0.1) is 5.82 Å². The Morgan fingerprint density at radius 2 is 2.33 bits per heavy atom. The third-order valence-corrected chi connectivity index (χ3v) is 3.79. The van der Waals surface area contributed by atoms with Crippen LogP contribution < -0.4 is 5.32 Å². The quantitative estimate of drug-likeness (QED) is 0.838. The number of rotatable bonds is 5. The molecule has 0 bridgehead atoms. The topological polar surface area (TPSA) is 41.6 Å². The van der Waals surface area contributed by atoms with E-state index in [1.807, 2.05) is 0 Å². The minimum absolute atomic E-state index is 0.0511. The van der Waals surface area contributed by atoms with Crippen LogP contribution >= 0.6 is 23.2 Å². The van der Waals surface area contributed by atoms with Crippen LogP contribution in [0.25, 0.3) is 0 Å². The Morgan fingerprint density at radius 3 is 3.05 bits per heavy atom. The van der Waals surface area contributed by atoms with E-state index in [1.165, 1.54) is 6.07 Å². The molecule has 0 saturated carbocycles. The highest BCUT2D eigenvalue weighted by atomic mass is 35.5. The summed E-state index contributed by atoms with van der Waals surface area (Å²) in [6.07, 6.45) is -0.0677. The maximum absolute atomic E-state index is 13.1. The van der Waals surface area contributed by atoms with Crippen molar-refractivity contribution in [1.29, 1.82) is 0 Å². The van der Waals surface area contributed by atoms with Crippen LogP contribution in [0.5, 0.6) is 0 Å². The molecule has 0 aromatic heterocycles. The molecule has 0 spiro atoms. The number of alkyl halides is 1. The van der Waals surface area contributed by atoms with E-state index in [2.05, 4.69) is 10.2 Å².